The molecular weight excluding hydrogens is 132 g/mol. The normalized spacial score (nSPS) is 20.0. The maximum absolute atomic E-state index is 4.88. The van der Waals surface area contributed by atoms with Crippen molar-refractivity contribution in [2.24, 2.45) is 15.4 Å². The molecule has 0 bridgehead atoms. The van der Waals surface area contributed by atoms with Crippen LogP contribution in [0, 0.1) is 0 Å². The van der Waals surface area contributed by atoms with E-state index in [1.165, 1.54) is 0 Å². The van der Waals surface area contributed by atoms with E-state index < -0.39 is 0 Å². The Labute approximate surface area is 56.7 Å². The van der Waals surface area contributed by atoms with E-state index in [9.17, 15) is 0 Å². The highest BCUT2D eigenvalue weighted by atomic mass is 16.7. The van der Waals surface area contributed by atoms with Gasteiger partial charge in [0.1, 0.15) is 0 Å². The first-order chi connectivity index (χ1) is 4.97. The van der Waals surface area contributed by atoms with E-state index in [1.807, 2.05) is 0 Å². The fourth-order valence-electron chi connectivity index (χ4n) is 0.651. The van der Waals surface area contributed by atoms with Crippen LogP contribution in [0.25, 0.3) is 0 Å². The molecule has 2 aliphatic rings. The van der Waals surface area contributed by atoms with Gasteiger partial charge in [-0.1, -0.05) is 5.10 Å². The van der Waals surface area contributed by atoms with Crippen LogP contribution in [0.2, 0.25) is 0 Å². The number of hydroxylamine groups is 1. The summed E-state index contributed by atoms with van der Waals surface area (Å²) in [7, 11) is 0. The Balaban J connectivity index is 2.36. The molecule has 5 nitrogen and oxygen atoms in total. The van der Waals surface area contributed by atoms with Gasteiger partial charge in [0.15, 0.2) is 5.70 Å². The first-order valence-corrected chi connectivity index (χ1v) is 2.75. The second kappa shape index (κ2) is 1.94. The van der Waals surface area contributed by atoms with Gasteiger partial charge in [-0.05, 0) is 17.4 Å². The molecule has 0 spiro atoms. The average molecular weight is 136 g/mol. The van der Waals surface area contributed by atoms with Crippen LogP contribution >= 0.6 is 0 Å². The molecule has 0 fully saturated rings. The van der Waals surface area contributed by atoms with Crippen molar-refractivity contribution < 1.29 is 4.84 Å². The van der Waals surface area contributed by atoms with E-state index in [0.29, 0.717) is 11.6 Å². The van der Waals surface area contributed by atoms with Gasteiger partial charge >= 0.3 is 0 Å². The third-order valence-corrected chi connectivity index (χ3v) is 1.08. The van der Waals surface area contributed by atoms with E-state index in [2.05, 4.69) is 20.9 Å². The van der Waals surface area contributed by atoms with Crippen LogP contribution in [0.15, 0.2) is 39.5 Å². The zero-order chi connectivity index (χ0) is 6.81. The predicted molar refractivity (Wildman–Crippen MR) is 33.7 cm³/mol. The molecule has 0 atom stereocenters. The Hall–Kier alpha value is -1.65. The molecule has 10 heavy (non-hydrogen) atoms. The standard InChI is InChI=1S/C5H4N4O/c1-2-4-5(8-9-7-4)10-6-3-1/h1-3,6H. The zero-order valence-electron chi connectivity index (χ0n) is 4.98. The van der Waals surface area contributed by atoms with Crippen molar-refractivity contribution >= 4 is 5.90 Å². The highest BCUT2D eigenvalue weighted by molar-refractivity contribution is 5.94. The minimum atomic E-state index is 0.407. The summed E-state index contributed by atoms with van der Waals surface area (Å²) in [6.07, 6.45) is 5.17. The Morgan fingerprint density at radius 1 is 1.50 bits per heavy atom. The SMILES string of the molecule is C1=CNOC2=NN=NC2=C1. The monoisotopic (exact) mass is 136 g/mol. The number of hydrogen-bond donors (Lipinski definition) is 1. The summed E-state index contributed by atoms with van der Waals surface area (Å²) in [5.74, 6) is 0.407. The Kier molecular flexibility index (Phi) is 1.00. The van der Waals surface area contributed by atoms with Crippen molar-refractivity contribution in [3.05, 3.63) is 24.0 Å². The number of rotatable bonds is 0. The van der Waals surface area contributed by atoms with Crippen LogP contribution in [-0.4, -0.2) is 5.90 Å². The average Bonchev–Trinajstić information content (AvgIpc) is 2.28. The summed E-state index contributed by atoms with van der Waals surface area (Å²) in [5.41, 5.74) is 3.18. The largest absolute Gasteiger partial charge is 0.358 e. The number of allylic oxidation sites excluding steroid dienone is 2. The van der Waals surface area contributed by atoms with Crippen molar-refractivity contribution in [2.45, 2.75) is 0 Å². The highest BCUT2D eigenvalue weighted by Gasteiger charge is 2.13. The van der Waals surface area contributed by atoms with Gasteiger partial charge in [-0.2, -0.15) is 0 Å². The number of nitrogens with zero attached hydrogens (tertiary/aromatic N) is 3. The molecule has 0 aromatic rings. The Morgan fingerprint density at radius 2 is 2.50 bits per heavy atom. The van der Waals surface area contributed by atoms with E-state index in [1.54, 1.807) is 18.4 Å². The Bertz CT molecular complexity index is 263. The van der Waals surface area contributed by atoms with Gasteiger partial charge in [-0.25, -0.2) is 5.48 Å². The van der Waals surface area contributed by atoms with Gasteiger partial charge in [-0.3, -0.25) is 0 Å². The third-order valence-electron chi connectivity index (χ3n) is 1.08. The lowest BCUT2D eigenvalue weighted by Crippen LogP contribution is -2.12. The quantitative estimate of drug-likeness (QED) is 0.532. The maximum atomic E-state index is 4.88. The number of hydrogen-bond acceptors (Lipinski definition) is 5. The highest BCUT2D eigenvalue weighted by Crippen LogP contribution is 2.11. The molecule has 2 aliphatic heterocycles. The molecule has 1 N–H and O–H groups in total. The van der Waals surface area contributed by atoms with Crippen molar-refractivity contribution in [2.75, 3.05) is 0 Å². The first kappa shape index (κ1) is 5.16. The molecule has 0 saturated carbocycles. The van der Waals surface area contributed by atoms with Gasteiger partial charge < -0.3 is 4.84 Å². The summed E-state index contributed by atoms with van der Waals surface area (Å²) in [4.78, 5) is 4.88. The molecule has 0 aliphatic carbocycles. The van der Waals surface area contributed by atoms with Gasteiger partial charge in [0.25, 0.3) is 5.90 Å². The second-order valence-electron chi connectivity index (χ2n) is 1.73. The lowest BCUT2D eigenvalue weighted by Gasteiger charge is -1.97. The molecule has 5 heteroatoms. The molecule has 0 aromatic carbocycles. The summed E-state index contributed by atoms with van der Waals surface area (Å²) in [6.45, 7) is 0. The minimum Gasteiger partial charge on any atom is -0.358 e. The molecule has 0 radical (unpaired) electrons. The number of nitrogens with one attached hydrogen (secondary N) is 1. The molecule has 0 saturated heterocycles. The van der Waals surface area contributed by atoms with Crippen molar-refractivity contribution in [1.29, 1.82) is 0 Å². The van der Waals surface area contributed by atoms with Crippen molar-refractivity contribution in [1.82, 2.24) is 5.48 Å². The van der Waals surface area contributed by atoms with Crippen molar-refractivity contribution in [3.63, 3.8) is 0 Å². The van der Waals surface area contributed by atoms with Gasteiger partial charge in [0.05, 0.1) is 0 Å². The van der Waals surface area contributed by atoms with E-state index >= 15 is 0 Å². The molecule has 2 rings (SSSR count). The fourth-order valence-corrected chi connectivity index (χ4v) is 0.651. The lowest BCUT2D eigenvalue weighted by molar-refractivity contribution is 0.230. The van der Waals surface area contributed by atoms with Crippen LogP contribution in [-0.2, 0) is 4.84 Å². The van der Waals surface area contributed by atoms with Crippen LogP contribution in [0.1, 0.15) is 0 Å². The van der Waals surface area contributed by atoms with E-state index in [4.69, 9.17) is 4.84 Å². The lowest BCUT2D eigenvalue weighted by atomic mass is 10.4. The molecule has 0 unspecified atom stereocenters. The second-order valence-corrected chi connectivity index (χ2v) is 1.73. The zero-order valence-corrected chi connectivity index (χ0v) is 4.98. The van der Waals surface area contributed by atoms with E-state index in [0.717, 1.165) is 0 Å². The predicted octanol–water partition coefficient (Wildman–Crippen LogP) is 0.698. The molecular formula is C5H4N4O. The maximum Gasteiger partial charge on any atom is 0.293 e. The van der Waals surface area contributed by atoms with Crippen LogP contribution in [0.5, 0.6) is 0 Å². The Morgan fingerprint density at radius 3 is 3.50 bits per heavy atom. The van der Waals surface area contributed by atoms with Gasteiger partial charge in [-0.15, -0.1) is 5.11 Å². The molecule has 50 valence electrons. The molecule has 2 heterocycles. The third kappa shape index (κ3) is 0.680. The molecule has 0 aromatic heterocycles. The summed E-state index contributed by atoms with van der Waals surface area (Å²) in [5, 5.41) is 10.7. The van der Waals surface area contributed by atoms with Gasteiger partial charge in [0, 0.05) is 6.20 Å². The summed E-state index contributed by atoms with van der Waals surface area (Å²) >= 11 is 0. The van der Waals surface area contributed by atoms with Crippen LogP contribution in [0.3, 0.4) is 0 Å². The summed E-state index contributed by atoms with van der Waals surface area (Å²) in [6, 6.07) is 0. The topological polar surface area (TPSA) is 58.3 Å². The smallest absolute Gasteiger partial charge is 0.293 e. The minimum absolute atomic E-state index is 0.407. The molecule has 0 amide bonds. The van der Waals surface area contributed by atoms with Crippen molar-refractivity contribution in [3.8, 4) is 0 Å². The van der Waals surface area contributed by atoms with Crippen LogP contribution in [0.4, 0.5) is 0 Å². The number of fused-ring (bicyclic) bond motifs is 1. The first-order valence-electron chi connectivity index (χ1n) is 2.75. The van der Waals surface area contributed by atoms with Crippen LogP contribution < -0.4 is 5.48 Å². The van der Waals surface area contributed by atoms with Gasteiger partial charge in [0.2, 0.25) is 0 Å². The fraction of sp³-hybridized carbons (Fsp3) is 0. The summed E-state index contributed by atoms with van der Waals surface area (Å²) < 4.78 is 0. The van der Waals surface area contributed by atoms with E-state index in [-0.39, 0.29) is 0 Å².